The molecule has 0 radical (unpaired) electrons. The number of anilines is 1. The summed E-state index contributed by atoms with van der Waals surface area (Å²) < 4.78 is 5.20. The number of ether oxygens (including phenoxy) is 1. The number of aryl methyl sites for hydroxylation is 1. The van der Waals surface area contributed by atoms with Gasteiger partial charge in [0.15, 0.2) is 5.78 Å². The standard InChI is InChI=1S/C16H17NO2/c1-11-10-13(6-9-15(11)19-3)16(18)12-4-7-14(17-2)8-5-12/h4-10,17H,1-3H3. The third-order valence-electron chi connectivity index (χ3n) is 3.09. The van der Waals surface area contributed by atoms with Crippen LogP contribution in [0.15, 0.2) is 42.5 Å². The van der Waals surface area contributed by atoms with E-state index in [-0.39, 0.29) is 5.78 Å². The van der Waals surface area contributed by atoms with Crippen LogP contribution in [0.3, 0.4) is 0 Å². The molecule has 2 rings (SSSR count). The summed E-state index contributed by atoms with van der Waals surface area (Å²) in [5.74, 6) is 0.815. The molecule has 0 aliphatic heterocycles. The first-order valence-electron chi connectivity index (χ1n) is 6.13. The molecule has 0 atom stereocenters. The van der Waals surface area contributed by atoms with Gasteiger partial charge in [-0.3, -0.25) is 4.79 Å². The minimum atomic E-state index is 0.0217. The molecule has 2 aromatic carbocycles. The van der Waals surface area contributed by atoms with Crippen molar-refractivity contribution in [2.45, 2.75) is 6.92 Å². The summed E-state index contributed by atoms with van der Waals surface area (Å²) in [5.41, 5.74) is 3.31. The molecule has 0 aromatic heterocycles. The first-order chi connectivity index (χ1) is 9.15. The Bertz CT molecular complexity index is 588. The molecule has 19 heavy (non-hydrogen) atoms. The van der Waals surface area contributed by atoms with Gasteiger partial charge in [-0.1, -0.05) is 0 Å². The second-order valence-corrected chi connectivity index (χ2v) is 4.34. The van der Waals surface area contributed by atoms with Crippen molar-refractivity contribution in [3.8, 4) is 5.75 Å². The van der Waals surface area contributed by atoms with Crippen LogP contribution in [0.1, 0.15) is 21.5 Å². The van der Waals surface area contributed by atoms with Gasteiger partial charge in [0.1, 0.15) is 5.75 Å². The lowest BCUT2D eigenvalue weighted by Crippen LogP contribution is -2.02. The Labute approximate surface area is 113 Å². The fourth-order valence-electron chi connectivity index (χ4n) is 1.97. The van der Waals surface area contributed by atoms with E-state index in [4.69, 9.17) is 4.74 Å². The second kappa shape index (κ2) is 5.57. The van der Waals surface area contributed by atoms with Crippen molar-refractivity contribution in [1.82, 2.24) is 0 Å². The van der Waals surface area contributed by atoms with E-state index in [1.54, 1.807) is 13.2 Å². The zero-order valence-electron chi connectivity index (χ0n) is 11.4. The van der Waals surface area contributed by atoms with Gasteiger partial charge in [-0.15, -0.1) is 0 Å². The molecular formula is C16H17NO2. The van der Waals surface area contributed by atoms with E-state index >= 15 is 0 Å². The van der Waals surface area contributed by atoms with E-state index in [9.17, 15) is 4.79 Å². The van der Waals surface area contributed by atoms with Crippen molar-refractivity contribution in [3.05, 3.63) is 59.2 Å². The number of hydrogen-bond donors (Lipinski definition) is 1. The Kier molecular flexibility index (Phi) is 3.85. The van der Waals surface area contributed by atoms with E-state index in [2.05, 4.69) is 5.32 Å². The largest absolute Gasteiger partial charge is 0.496 e. The highest BCUT2D eigenvalue weighted by atomic mass is 16.5. The Balaban J connectivity index is 2.30. The molecule has 98 valence electrons. The highest BCUT2D eigenvalue weighted by Crippen LogP contribution is 2.21. The minimum Gasteiger partial charge on any atom is -0.496 e. The van der Waals surface area contributed by atoms with Gasteiger partial charge < -0.3 is 10.1 Å². The van der Waals surface area contributed by atoms with Crippen LogP contribution in [0.5, 0.6) is 5.75 Å². The summed E-state index contributed by atoms with van der Waals surface area (Å²) in [5, 5.41) is 3.03. The quantitative estimate of drug-likeness (QED) is 0.852. The molecule has 3 nitrogen and oxygen atoms in total. The Hall–Kier alpha value is -2.29. The highest BCUT2D eigenvalue weighted by Gasteiger charge is 2.10. The van der Waals surface area contributed by atoms with Crippen molar-refractivity contribution in [2.75, 3.05) is 19.5 Å². The van der Waals surface area contributed by atoms with Gasteiger partial charge in [-0.25, -0.2) is 0 Å². The van der Waals surface area contributed by atoms with Crippen LogP contribution in [0.25, 0.3) is 0 Å². The molecular weight excluding hydrogens is 238 g/mol. The van der Waals surface area contributed by atoms with E-state index in [0.29, 0.717) is 11.1 Å². The number of hydrogen-bond acceptors (Lipinski definition) is 3. The van der Waals surface area contributed by atoms with Gasteiger partial charge in [0, 0.05) is 23.9 Å². The maximum absolute atomic E-state index is 12.3. The molecule has 2 aromatic rings. The maximum Gasteiger partial charge on any atom is 0.193 e. The number of rotatable bonds is 4. The fraction of sp³-hybridized carbons (Fsp3) is 0.188. The number of nitrogens with one attached hydrogen (secondary N) is 1. The van der Waals surface area contributed by atoms with E-state index in [1.807, 2.05) is 50.4 Å². The molecule has 0 saturated heterocycles. The predicted octanol–water partition coefficient (Wildman–Crippen LogP) is 3.28. The molecule has 0 aliphatic carbocycles. The molecule has 3 heteroatoms. The van der Waals surface area contributed by atoms with Gasteiger partial charge in [-0.05, 0) is 55.0 Å². The van der Waals surface area contributed by atoms with Gasteiger partial charge in [0.2, 0.25) is 0 Å². The first kappa shape index (κ1) is 13.1. The lowest BCUT2D eigenvalue weighted by molar-refractivity contribution is 0.103. The SMILES string of the molecule is CNc1ccc(C(=O)c2ccc(OC)c(C)c2)cc1. The Morgan fingerprint density at radius 1 is 1.05 bits per heavy atom. The average Bonchev–Trinajstić information content (AvgIpc) is 2.46. The van der Waals surface area contributed by atoms with Crippen LogP contribution < -0.4 is 10.1 Å². The monoisotopic (exact) mass is 255 g/mol. The Morgan fingerprint density at radius 2 is 1.68 bits per heavy atom. The molecule has 0 saturated carbocycles. The lowest BCUT2D eigenvalue weighted by atomic mass is 10.0. The fourth-order valence-corrected chi connectivity index (χ4v) is 1.97. The van der Waals surface area contributed by atoms with Gasteiger partial charge in [0.25, 0.3) is 0 Å². The number of carbonyl (C=O) groups excluding carboxylic acids is 1. The minimum absolute atomic E-state index is 0.0217. The summed E-state index contributed by atoms with van der Waals surface area (Å²) in [6.45, 7) is 1.93. The Morgan fingerprint density at radius 3 is 2.21 bits per heavy atom. The summed E-state index contributed by atoms with van der Waals surface area (Å²) in [4.78, 5) is 12.3. The normalized spacial score (nSPS) is 10.1. The van der Waals surface area contributed by atoms with Crippen molar-refractivity contribution < 1.29 is 9.53 Å². The number of benzene rings is 2. The molecule has 0 aliphatic rings. The molecule has 0 bridgehead atoms. The van der Waals surface area contributed by atoms with E-state index in [1.165, 1.54) is 0 Å². The first-order valence-corrected chi connectivity index (χ1v) is 6.13. The highest BCUT2D eigenvalue weighted by molar-refractivity contribution is 6.09. The number of ketones is 1. The molecule has 0 unspecified atom stereocenters. The average molecular weight is 255 g/mol. The zero-order valence-corrected chi connectivity index (χ0v) is 11.4. The predicted molar refractivity (Wildman–Crippen MR) is 77.2 cm³/mol. The molecule has 0 fully saturated rings. The second-order valence-electron chi connectivity index (χ2n) is 4.34. The topological polar surface area (TPSA) is 38.3 Å². The zero-order chi connectivity index (χ0) is 13.8. The van der Waals surface area contributed by atoms with Crippen LogP contribution in [0.4, 0.5) is 5.69 Å². The van der Waals surface area contributed by atoms with Gasteiger partial charge in [0.05, 0.1) is 7.11 Å². The summed E-state index contributed by atoms with van der Waals surface area (Å²) in [6.07, 6.45) is 0. The van der Waals surface area contributed by atoms with Gasteiger partial charge in [-0.2, -0.15) is 0 Å². The maximum atomic E-state index is 12.3. The van der Waals surface area contributed by atoms with Crippen molar-refractivity contribution in [1.29, 1.82) is 0 Å². The smallest absolute Gasteiger partial charge is 0.193 e. The lowest BCUT2D eigenvalue weighted by Gasteiger charge is -2.07. The van der Waals surface area contributed by atoms with Crippen molar-refractivity contribution >= 4 is 11.5 Å². The van der Waals surface area contributed by atoms with Crippen LogP contribution >= 0.6 is 0 Å². The van der Waals surface area contributed by atoms with Crippen LogP contribution in [0, 0.1) is 6.92 Å². The molecule has 0 spiro atoms. The van der Waals surface area contributed by atoms with Crippen molar-refractivity contribution in [2.24, 2.45) is 0 Å². The third kappa shape index (κ3) is 2.76. The van der Waals surface area contributed by atoms with Crippen LogP contribution in [0.2, 0.25) is 0 Å². The summed E-state index contributed by atoms with van der Waals surface area (Å²) >= 11 is 0. The summed E-state index contributed by atoms with van der Waals surface area (Å²) in [7, 11) is 3.48. The number of carbonyl (C=O) groups is 1. The van der Waals surface area contributed by atoms with Crippen LogP contribution in [-0.2, 0) is 0 Å². The van der Waals surface area contributed by atoms with Gasteiger partial charge >= 0.3 is 0 Å². The van der Waals surface area contributed by atoms with Crippen molar-refractivity contribution in [3.63, 3.8) is 0 Å². The summed E-state index contributed by atoms with van der Waals surface area (Å²) in [6, 6.07) is 12.9. The molecule has 1 N–H and O–H groups in total. The van der Waals surface area contributed by atoms with Crippen LogP contribution in [-0.4, -0.2) is 19.9 Å². The van der Waals surface area contributed by atoms with E-state index in [0.717, 1.165) is 17.0 Å². The number of methoxy groups -OCH3 is 1. The molecule has 0 amide bonds. The molecule has 0 heterocycles. The third-order valence-corrected chi connectivity index (χ3v) is 3.09. The van der Waals surface area contributed by atoms with E-state index < -0.39 is 0 Å².